The molecule has 2 heterocycles. The molecule has 6 nitrogen and oxygen atoms in total. The van der Waals surface area contributed by atoms with Gasteiger partial charge in [0.25, 0.3) is 10.0 Å². The third-order valence-electron chi connectivity index (χ3n) is 7.01. The van der Waals surface area contributed by atoms with E-state index < -0.39 is 10.0 Å². The molecule has 1 saturated heterocycles. The number of sulfonamides is 1. The second-order valence-electron chi connectivity index (χ2n) is 9.83. The summed E-state index contributed by atoms with van der Waals surface area (Å²) in [6.07, 6.45) is 0.643. The fourth-order valence-corrected chi connectivity index (χ4v) is 6.26. The van der Waals surface area contributed by atoms with Gasteiger partial charge in [0, 0.05) is 46.0 Å². The van der Waals surface area contributed by atoms with Gasteiger partial charge in [0.05, 0.1) is 17.0 Å². The molecule has 1 fully saturated rings. The number of hydrogen-bond donors (Lipinski definition) is 2. The van der Waals surface area contributed by atoms with Crippen LogP contribution >= 0.6 is 11.6 Å². The fourth-order valence-electron chi connectivity index (χ4n) is 5.06. The lowest BCUT2D eigenvalue weighted by Crippen LogP contribution is -2.29. The number of hydrogen-bond acceptors (Lipinski definition) is 5. The van der Waals surface area contributed by atoms with E-state index in [1.807, 2.05) is 45.0 Å². The molecule has 5 rings (SSSR count). The summed E-state index contributed by atoms with van der Waals surface area (Å²) < 4.78 is 35.1. The first-order valence-electron chi connectivity index (χ1n) is 12.1. The molecule has 3 aromatic carbocycles. The number of carbonyl (C=O) groups is 1. The van der Waals surface area contributed by atoms with Crippen LogP contribution in [0.2, 0.25) is 5.02 Å². The number of anilines is 2. The van der Waals surface area contributed by atoms with E-state index in [2.05, 4.69) is 10.0 Å². The minimum Gasteiger partial charge on any atom is -0.378 e. The Morgan fingerprint density at radius 1 is 1.08 bits per heavy atom. The average molecular weight is 525 g/mol. The lowest BCUT2D eigenvalue weighted by Gasteiger charge is -2.36. The quantitative estimate of drug-likeness (QED) is 0.358. The Morgan fingerprint density at radius 2 is 1.83 bits per heavy atom. The van der Waals surface area contributed by atoms with E-state index in [9.17, 15) is 13.2 Å². The lowest BCUT2D eigenvalue weighted by atomic mass is 9.81. The highest BCUT2D eigenvalue weighted by molar-refractivity contribution is 7.92. The van der Waals surface area contributed by atoms with Crippen molar-refractivity contribution < 1.29 is 17.9 Å². The van der Waals surface area contributed by atoms with E-state index in [-0.39, 0.29) is 34.7 Å². The Bertz CT molecular complexity index is 1420. The van der Waals surface area contributed by atoms with Crippen LogP contribution < -0.4 is 10.0 Å². The Morgan fingerprint density at radius 3 is 2.53 bits per heavy atom. The number of aryl methyl sites for hydroxylation is 1. The van der Waals surface area contributed by atoms with Gasteiger partial charge in [-0.05, 0) is 60.9 Å². The molecule has 2 aliphatic heterocycles. The number of rotatable bonds is 6. The molecule has 0 saturated carbocycles. The molecule has 0 bridgehead atoms. The van der Waals surface area contributed by atoms with Crippen LogP contribution in [0.15, 0.2) is 65.6 Å². The van der Waals surface area contributed by atoms with Crippen LogP contribution in [0, 0.1) is 18.8 Å². The van der Waals surface area contributed by atoms with E-state index >= 15 is 0 Å². The van der Waals surface area contributed by atoms with Crippen LogP contribution in [-0.4, -0.2) is 20.8 Å². The van der Waals surface area contributed by atoms with Crippen molar-refractivity contribution in [3.8, 4) is 0 Å². The predicted molar refractivity (Wildman–Crippen MR) is 142 cm³/mol. The van der Waals surface area contributed by atoms with Crippen molar-refractivity contribution in [3.63, 3.8) is 0 Å². The third-order valence-corrected chi connectivity index (χ3v) is 8.81. The van der Waals surface area contributed by atoms with E-state index in [1.54, 1.807) is 36.4 Å². The highest BCUT2D eigenvalue weighted by Crippen LogP contribution is 2.50. The summed E-state index contributed by atoms with van der Waals surface area (Å²) >= 11 is 6.08. The number of fused-ring (bicyclic) bond motifs is 3. The minimum absolute atomic E-state index is 0.00540. The van der Waals surface area contributed by atoms with Gasteiger partial charge >= 0.3 is 0 Å². The number of ether oxygens (including phenoxy) is 1. The van der Waals surface area contributed by atoms with E-state index in [0.717, 1.165) is 28.8 Å². The molecule has 2 N–H and O–H groups in total. The molecule has 0 amide bonds. The zero-order chi connectivity index (χ0) is 25.6. The van der Waals surface area contributed by atoms with E-state index in [4.69, 9.17) is 16.3 Å². The average Bonchev–Trinajstić information content (AvgIpc) is 3.35. The number of carbonyl (C=O) groups excluding carboxylic acids is 1. The van der Waals surface area contributed by atoms with Crippen molar-refractivity contribution in [2.24, 2.45) is 11.8 Å². The van der Waals surface area contributed by atoms with Crippen LogP contribution in [0.3, 0.4) is 0 Å². The number of halogens is 1. The predicted octanol–water partition coefficient (Wildman–Crippen LogP) is 6.53. The maximum Gasteiger partial charge on any atom is 0.261 e. The highest BCUT2D eigenvalue weighted by Gasteiger charge is 2.42. The minimum atomic E-state index is -3.80. The maximum atomic E-state index is 13.2. The summed E-state index contributed by atoms with van der Waals surface area (Å²) in [4.78, 5) is 12.5. The summed E-state index contributed by atoms with van der Waals surface area (Å²) in [5, 5.41) is 4.18. The van der Waals surface area contributed by atoms with Gasteiger partial charge in [-0.2, -0.15) is 0 Å². The van der Waals surface area contributed by atoms with E-state index in [0.29, 0.717) is 22.9 Å². The highest BCUT2D eigenvalue weighted by atomic mass is 35.5. The molecule has 188 valence electrons. The molecule has 8 heteroatoms. The van der Waals surface area contributed by atoms with Crippen LogP contribution in [0.4, 0.5) is 11.4 Å². The van der Waals surface area contributed by atoms with Crippen molar-refractivity contribution in [2.45, 2.75) is 44.2 Å². The molecular weight excluding hydrogens is 496 g/mol. The second-order valence-corrected chi connectivity index (χ2v) is 11.9. The second kappa shape index (κ2) is 9.54. The van der Waals surface area contributed by atoms with Crippen LogP contribution in [0.1, 0.15) is 59.5 Å². The number of Topliss-reactive ketones (excluding diaryl/α,β-unsaturated/α-hetero) is 1. The normalized spacial score (nSPS) is 21.0. The first-order chi connectivity index (χ1) is 17.1. The number of ketones is 1. The molecule has 0 aromatic heterocycles. The zero-order valence-electron chi connectivity index (χ0n) is 20.4. The van der Waals surface area contributed by atoms with Gasteiger partial charge in [-0.1, -0.05) is 49.7 Å². The Labute approximate surface area is 217 Å². The Kier molecular flexibility index (Phi) is 6.57. The number of benzene rings is 3. The van der Waals surface area contributed by atoms with Gasteiger partial charge in [0.15, 0.2) is 5.78 Å². The number of nitrogens with one attached hydrogen (secondary N) is 2. The summed E-state index contributed by atoms with van der Waals surface area (Å²) in [6.45, 7) is 6.23. The molecule has 1 unspecified atom stereocenters. The smallest absolute Gasteiger partial charge is 0.261 e. The van der Waals surface area contributed by atoms with Gasteiger partial charge < -0.3 is 10.1 Å². The van der Waals surface area contributed by atoms with Crippen molar-refractivity contribution in [1.82, 2.24) is 0 Å². The molecule has 0 radical (unpaired) electrons. The van der Waals surface area contributed by atoms with E-state index in [1.165, 1.54) is 0 Å². The summed E-state index contributed by atoms with van der Waals surface area (Å²) in [5.74, 6) is 0.225. The molecule has 36 heavy (non-hydrogen) atoms. The van der Waals surface area contributed by atoms with Crippen LogP contribution in [0.25, 0.3) is 0 Å². The van der Waals surface area contributed by atoms with Crippen molar-refractivity contribution in [1.29, 1.82) is 0 Å². The maximum absolute atomic E-state index is 13.2. The standard InChI is InChI=1S/C28H29ClN2O4S/c1-16(2)27(32)19-6-4-18(5-7-19)26-22-12-13-35-28(22)23-15-21(9-11-25(23)30-26)36(33,34)31-20-8-10-24(29)17(3)14-20/h4-11,14-16,22,26,28,30-31H,12-13H2,1-3H3/t22-,26?,28-/m0/s1. The fraction of sp³-hybridized carbons (Fsp3) is 0.321. The largest absolute Gasteiger partial charge is 0.378 e. The Balaban J connectivity index is 1.43. The summed E-state index contributed by atoms with van der Waals surface area (Å²) in [5.41, 5.74) is 4.74. The monoisotopic (exact) mass is 524 g/mol. The molecule has 2 aliphatic rings. The van der Waals surface area contributed by atoms with Gasteiger partial charge in [-0.15, -0.1) is 0 Å². The first-order valence-corrected chi connectivity index (χ1v) is 14.0. The third kappa shape index (κ3) is 4.63. The zero-order valence-corrected chi connectivity index (χ0v) is 22.0. The van der Waals surface area contributed by atoms with Gasteiger partial charge in [0.1, 0.15) is 0 Å². The molecular formula is C28H29ClN2O4S. The SMILES string of the molecule is Cc1cc(NS(=O)(=O)c2ccc3c(c2)[C@H]2OCC[C@H]2C(c2ccc(C(=O)C(C)C)cc2)N3)ccc1Cl. The van der Waals surface area contributed by atoms with Gasteiger partial charge in [-0.25, -0.2) is 8.42 Å². The molecule has 3 aromatic rings. The van der Waals surface area contributed by atoms with Gasteiger partial charge in [-0.3, -0.25) is 9.52 Å². The first kappa shape index (κ1) is 24.8. The molecule has 0 aliphatic carbocycles. The summed E-state index contributed by atoms with van der Waals surface area (Å²) in [6, 6.07) is 17.9. The van der Waals surface area contributed by atoms with Crippen LogP contribution in [0.5, 0.6) is 0 Å². The Hall–Kier alpha value is -2.87. The van der Waals surface area contributed by atoms with Crippen molar-refractivity contribution in [2.75, 3.05) is 16.6 Å². The lowest BCUT2D eigenvalue weighted by molar-refractivity contribution is 0.0827. The van der Waals surface area contributed by atoms with Crippen molar-refractivity contribution >= 4 is 38.8 Å². The summed E-state index contributed by atoms with van der Waals surface area (Å²) in [7, 11) is -3.80. The molecule has 3 atom stereocenters. The topological polar surface area (TPSA) is 84.5 Å². The van der Waals surface area contributed by atoms with Crippen molar-refractivity contribution in [3.05, 3.63) is 87.9 Å². The molecule has 0 spiro atoms. The van der Waals surface area contributed by atoms with Gasteiger partial charge in [0.2, 0.25) is 0 Å². The van der Waals surface area contributed by atoms with Crippen LogP contribution in [-0.2, 0) is 14.8 Å².